The highest BCUT2D eigenvalue weighted by atomic mass is 79.9. The van der Waals surface area contributed by atoms with E-state index in [4.69, 9.17) is 11.6 Å². The Kier molecular flexibility index (Phi) is 4.04. The largest absolute Gasteiger partial charge is 0.263 e. The third-order valence-corrected chi connectivity index (χ3v) is 3.85. The monoisotopic (exact) mass is 287 g/mol. The second-order valence-electron chi connectivity index (χ2n) is 4.26. The molecule has 1 saturated carbocycles. The molecule has 1 atom stereocenters. The van der Waals surface area contributed by atoms with E-state index >= 15 is 0 Å². The summed E-state index contributed by atoms with van der Waals surface area (Å²) < 4.78 is 1.06. The van der Waals surface area contributed by atoms with Crippen molar-refractivity contribution in [1.29, 1.82) is 0 Å². The Balaban J connectivity index is 1.73. The van der Waals surface area contributed by atoms with E-state index < -0.39 is 0 Å². The molecule has 1 nitrogen and oxygen atoms in total. The van der Waals surface area contributed by atoms with Crippen molar-refractivity contribution in [2.24, 2.45) is 5.92 Å². The Hall–Kier alpha value is -0.0800. The molecule has 1 aromatic heterocycles. The van der Waals surface area contributed by atoms with Crippen LogP contribution in [0.5, 0.6) is 0 Å². The minimum Gasteiger partial charge on any atom is -0.263 e. The van der Waals surface area contributed by atoms with Crippen LogP contribution in [0.25, 0.3) is 0 Å². The number of nitrogens with zero attached hydrogens (tertiary/aromatic N) is 1. The first kappa shape index (κ1) is 11.4. The molecule has 0 aliphatic heterocycles. The minimum atomic E-state index is 0.408. The molecule has 2 rings (SSSR count). The van der Waals surface area contributed by atoms with E-state index in [1.54, 1.807) is 0 Å². The zero-order valence-electron chi connectivity index (χ0n) is 8.63. The Morgan fingerprint density at radius 3 is 2.93 bits per heavy atom. The Morgan fingerprint density at radius 1 is 1.47 bits per heavy atom. The highest BCUT2D eigenvalue weighted by molar-refractivity contribution is 9.10. The Labute approximate surface area is 104 Å². The lowest BCUT2D eigenvalue weighted by molar-refractivity contribution is 0.637. The second-order valence-corrected chi connectivity index (χ2v) is 5.73. The Bertz CT molecular complexity index is 325. The van der Waals surface area contributed by atoms with Gasteiger partial charge in [0.05, 0.1) is 0 Å². The van der Waals surface area contributed by atoms with Gasteiger partial charge in [-0.1, -0.05) is 0 Å². The summed E-state index contributed by atoms with van der Waals surface area (Å²) in [6, 6.07) is 2.13. The van der Waals surface area contributed by atoms with Gasteiger partial charge in [-0.2, -0.15) is 0 Å². The molecular formula is C12H15BrClN. The van der Waals surface area contributed by atoms with E-state index in [1.807, 2.05) is 12.4 Å². The predicted molar refractivity (Wildman–Crippen MR) is 67.2 cm³/mol. The summed E-state index contributed by atoms with van der Waals surface area (Å²) in [6.07, 6.45) is 9.83. The van der Waals surface area contributed by atoms with E-state index in [2.05, 4.69) is 27.0 Å². The molecule has 15 heavy (non-hydrogen) atoms. The molecule has 1 fully saturated rings. The summed E-state index contributed by atoms with van der Waals surface area (Å²) in [5, 5.41) is 0.408. The van der Waals surface area contributed by atoms with Gasteiger partial charge in [-0.25, -0.2) is 0 Å². The number of hydrogen-bond acceptors (Lipinski definition) is 1. The molecular weight excluding hydrogens is 273 g/mol. The van der Waals surface area contributed by atoms with Crippen LogP contribution >= 0.6 is 27.5 Å². The van der Waals surface area contributed by atoms with Gasteiger partial charge in [0.15, 0.2) is 0 Å². The first-order chi connectivity index (χ1) is 7.25. The number of pyridine rings is 1. The molecule has 1 aliphatic rings. The van der Waals surface area contributed by atoms with Crippen LogP contribution in [-0.2, 0) is 6.42 Å². The molecule has 3 heteroatoms. The third kappa shape index (κ3) is 3.76. The lowest BCUT2D eigenvalue weighted by Gasteiger charge is -2.07. The predicted octanol–water partition coefficient (Wildman–Crippen LogP) is 4.18. The summed E-state index contributed by atoms with van der Waals surface area (Å²) in [5.74, 6) is 0.812. The molecule has 0 radical (unpaired) electrons. The van der Waals surface area contributed by atoms with E-state index in [0.717, 1.165) is 23.2 Å². The SMILES string of the molecule is ClC(CCCc1cncc(Br)c1)C1CC1. The van der Waals surface area contributed by atoms with E-state index in [-0.39, 0.29) is 0 Å². The average Bonchev–Trinajstić information content (AvgIpc) is 3.00. The van der Waals surface area contributed by atoms with E-state index in [1.165, 1.54) is 24.8 Å². The maximum atomic E-state index is 6.25. The molecule has 0 N–H and O–H groups in total. The van der Waals surface area contributed by atoms with Crippen LogP contribution in [0.4, 0.5) is 0 Å². The van der Waals surface area contributed by atoms with Crippen LogP contribution < -0.4 is 0 Å². The van der Waals surface area contributed by atoms with Gasteiger partial charge in [0.1, 0.15) is 0 Å². The average molecular weight is 289 g/mol. The van der Waals surface area contributed by atoms with Gasteiger partial charge < -0.3 is 0 Å². The first-order valence-electron chi connectivity index (χ1n) is 5.49. The van der Waals surface area contributed by atoms with Gasteiger partial charge in [-0.15, -0.1) is 11.6 Å². The maximum absolute atomic E-state index is 6.25. The van der Waals surface area contributed by atoms with Gasteiger partial charge in [0, 0.05) is 22.2 Å². The second kappa shape index (κ2) is 5.31. The quantitative estimate of drug-likeness (QED) is 0.741. The topological polar surface area (TPSA) is 12.9 Å². The summed E-state index contributed by atoms with van der Waals surface area (Å²) in [5.41, 5.74) is 1.30. The molecule has 0 saturated heterocycles. The fourth-order valence-electron chi connectivity index (χ4n) is 1.79. The molecule has 1 heterocycles. The number of halogens is 2. The van der Waals surface area contributed by atoms with E-state index in [9.17, 15) is 0 Å². The standard InChI is InChI=1S/C12H15BrClN/c13-11-6-9(7-15-8-11)2-1-3-12(14)10-4-5-10/h6-8,10,12H,1-5H2. The van der Waals surface area contributed by atoms with Gasteiger partial charge in [0.25, 0.3) is 0 Å². The van der Waals surface area contributed by atoms with Crippen molar-refractivity contribution < 1.29 is 0 Å². The van der Waals surface area contributed by atoms with Gasteiger partial charge in [0.2, 0.25) is 0 Å². The zero-order chi connectivity index (χ0) is 10.7. The number of aryl methyl sites for hydroxylation is 1. The molecule has 82 valence electrons. The summed E-state index contributed by atoms with van der Waals surface area (Å²) in [7, 11) is 0. The number of hydrogen-bond donors (Lipinski definition) is 0. The first-order valence-corrected chi connectivity index (χ1v) is 6.72. The zero-order valence-corrected chi connectivity index (χ0v) is 11.0. The summed E-state index contributed by atoms with van der Waals surface area (Å²) >= 11 is 9.68. The lowest BCUT2D eigenvalue weighted by atomic mass is 10.1. The van der Waals surface area contributed by atoms with Crippen molar-refractivity contribution in [3.05, 3.63) is 28.5 Å². The Morgan fingerprint density at radius 2 is 2.27 bits per heavy atom. The van der Waals surface area contributed by atoms with Crippen molar-refractivity contribution in [2.45, 2.75) is 37.5 Å². The maximum Gasteiger partial charge on any atom is 0.0410 e. The van der Waals surface area contributed by atoms with Crippen LogP contribution in [0.2, 0.25) is 0 Å². The van der Waals surface area contributed by atoms with Crippen molar-refractivity contribution in [2.75, 3.05) is 0 Å². The molecule has 1 unspecified atom stereocenters. The van der Waals surface area contributed by atoms with Gasteiger partial charge in [-0.05, 0) is 65.6 Å². The van der Waals surface area contributed by atoms with Crippen molar-refractivity contribution in [3.8, 4) is 0 Å². The highest BCUT2D eigenvalue weighted by Crippen LogP contribution is 2.37. The number of aromatic nitrogens is 1. The van der Waals surface area contributed by atoms with Crippen LogP contribution in [0.15, 0.2) is 22.9 Å². The molecule has 0 amide bonds. The van der Waals surface area contributed by atoms with Crippen LogP contribution in [0, 0.1) is 5.92 Å². The summed E-state index contributed by atoms with van der Waals surface area (Å²) in [4.78, 5) is 4.15. The fraction of sp³-hybridized carbons (Fsp3) is 0.583. The van der Waals surface area contributed by atoms with Gasteiger partial charge >= 0.3 is 0 Å². The smallest absolute Gasteiger partial charge is 0.0410 e. The summed E-state index contributed by atoms with van der Waals surface area (Å²) in [6.45, 7) is 0. The third-order valence-electron chi connectivity index (χ3n) is 2.84. The number of alkyl halides is 1. The van der Waals surface area contributed by atoms with E-state index in [0.29, 0.717) is 5.38 Å². The fourth-order valence-corrected chi connectivity index (χ4v) is 2.61. The van der Waals surface area contributed by atoms with Crippen molar-refractivity contribution in [1.82, 2.24) is 4.98 Å². The minimum absolute atomic E-state index is 0.408. The van der Waals surface area contributed by atoms with Crippen LogP contribution in [-0.4, -0.2) is 10.4 Å². The molecule has 1 aliphatic carbocycles. The van der Waals surface area contributed by atoms with Crippen LogP contribution in [0.1, 0.15) is 31.2 Å². The molecule has 0 spiro atoms. The van der Waals surface area contributed by atoms with Crippen molar-refractivity contribution >= 4 is 27.5 Å². The molecule has 1 aromatic rings. The lowest BCUT2D eigenvalue weighted by Crippen LogP contribution is -2.01. The number of rotatable bonds is 5. The van der Waals surface area contributed by atoms with Crippen LogP contribution in [0.3, 0.4) is 0 Å². The van der Waals surface area contributed by atoms with Crippen molar-refractivity contribution in [3.63, 3.8) is 0 Å². The highest BCUT2D eigenvalue weighted by Gasteiger charge is 2.28. The van der Waals surface area contributed by atoms with Gasteiger partial charge in [-0.3, -0.25) is 4.98 Å². The molecule has 0 aromatic carbocycles. The molecule has 0 bridgehead atoms. The normalized spacial score (nSPS) is 17.7.